The Morgan fingerprint density at radius 2 is 1.83 bits per heavy atom. The van der Waals surface area contributed by atoms with E-state index in [-0.39, 0.29) is 12.5 Å². The topological polar surface area (TPSA) is 64.6 Å². The lowest BCUT2D eigenvalue weighted by atomic mass is 10.1. The van der Waals surface area contributed by atoms with Gasteiger partial charge in [0.2, 0.25) is 0 Å². The van der Waals surface area contributed by atoms with Crippen LogP contribution in [0.5, 0.6) is 0 Å². The van der Waals surface area contributed by atoms with Crippen LogP contribution in [-0.2, 0) is 20.7 Å². The van der Waals surface area contributed by atoms with Gasteiger partial charge in [0.05, 0.1) is 6.10 Å². The van der Waals surface area contributed by atoms with Crippen molar-refractivity contribution in [1.82, 2.24) is 5.32 Å². The molecule has 0 fully saturated rings. The summed E-state index contributed by atoms with van der Waals surface area (Å²) in [6, 6.07) is 5.05. The maximum atomic E-state index is 13.8. The highest BCUT2D eigenvalue weighted by molar-refractivity contribution is 5.81. The largest absolute Gasteiger partial charge is 0.461 e. The predicted molar refractivity (Wildman–Crippen MR) is 84.5 cm³/mol. The molecule has 0 saturated heterocycles. The third-order valence-electron chi connectivity index (χ3n) is 2.71. The molecular formula is C17H24FNO4. The van der Waals surface area contributed by atoms with Crippen molar-refractivity contribution in [3.8, 4) is 0 Å². The van der Waals surface area contributed by atoms with Gasteiger partial charge in [-0.05, 0) is 46.2 Å². The molecule has 128 valence electrons. The summed E-state index contributed by atoms with van der Waals surface area (Å²) in [6.07, 6.45) is -1.11. The van der Waals surface area contributed by atoms with Crippen LogP contribution in [0.15, 0.2) is 24.3 Å². The number of ether oxygens (including phenoxy) is 2. The molecule has 0 spiro atoms. The maximum Gasteiger partial charge on any atom is 0.408 e. The Morgan fingerprint density at radius 3 is 2.35 bits per heavy atom. The zero-order valence-electron chi connectivity index (χ0n) is 14.2. The minimum Gasteiger partial charge on any atom is -0.461 e. The van der Waals surface area contributed by atoms with Gasteiger partial charge in [-0.15, -0.1) is 0 Å². The van der Waals surface area contributed by atoms with Gasteiger partial charge in [-0.2, -0.15) is 0 Å². The zero-order chi connectivity index (χ0) is 17.6. The van der Waals surface area contributed by atoms with E-state index in [1.54, 1.807) is 52.8 Å². The first-order chi connectivity index (χ1) is 10.6. The van der Waals surface area contributed by atoms with Crippen molar-refractivity contribution in [3.63, 3.8) is 0 Å². The van der Waals surface area contributed by atoms with Crippen LogP contribution in [0.3, 0.4) is 0 Å². The van der Waals surface area contributed by atoms with Gasteiger partial charge in [-0.3, -0.25) is 0 Å². The summed E-state index contributed by atoms with van der Waals surface area (Å²) in [6.45, 7) is 8.54. The third kappa shape index (κ3) is 7.13. The Balaban J connectivity index is 2.87. The fraction of sp³-hybridized carbons (Fsp3) is 0.529. The maximum absolute atomic E-state index is 13.8. The van der Waals surface area contributed by atoms with Crippen LogP contribution in [0.4, 0.5) is 9.18 Å². The lowest BCUT2D eigenvalue weighted by Crippen LogP contribution is -2.46. The van der Waals surface area contributed by atoms with Crippen molar-refractivity contribution < 1.29 is 23.5 Å². The van der Waals surface area contributed by atoms with E-state index in [0.29, 0.717) is 5.56 Å². The molecule has 1 aromatic carbocycles. The Labute approximate surface area is 136 Å². The van der Waals surface area contributed by atoms with Gasteiger partial charge in [-0.25, -0.2) is 14.0 Å². The van der Waals surface area contributed by atoms with Gasteiger partial charge in [-0.1, -0.05) is 18.2 Å². The molecule has 0 aliphatic carbocycles. The van der Waals surface area contributed by atoms with Crippen LogP contribution in [0, 0.1) is 5.82 Å². The summed E-state index contributed by atoms with van der Waals surface area (Å²) >= 11 is 0. The van der Waals surface area contributed by atoms with Crippen molar-refractivity contribution in [1.29, 1.82) is 0 Å². The van der Waals surface area contributed by atoms with Crippen LogP contribution in [-0.4, -0.2) is 29.8 Å². The second kappa shape index (κ2) is 7.94. The standard InChI is InChI=1S/C17H24FNO4/c1-11(2)22-15(20)14(19-16(21)23-17(3,4)5)10-12-8-6-7-9-13(12)18/h6-9,11,14H,10H2,1-5H3,(H,19,21)/t14-/m1/s1. The molecule has 0 heterocycles. The molecule has 1 N–H and O–H groups in total. The molecule has 1 aromatic rings. The lowest BCUT2D eigenvalue weighted by Gasteiger charge is -2.23. The summed E-state index contributed by atoms with van der Waals surface area (Å²) < 4.78 is 24.1. The Hall–Kier alpha value is -2.11. The number of carbonyl (C=O) groups excluding carboxylic acids is 2. The highest BCUT2D eigenvalue weighted by Gasteiger charge is 2.27. The smallest absolute Gasteiger partial charge is 0.408 e. The minimum absolute atomic E-state index is 0.0164. The Kier molecular flexibility index (Phi) is 6.54. The molecule has 0 bridgehead atoms. The third-order valence-corrected chi connectivity index (χ3v) is 2.71. The highest BCUT2D eigenvalue weighted by atomic mass is 19.1. The molecule has 1 atom stereocenters. The van der Waals surface area contributed by atoms with Crippen molar-refractivity contribution in [2.75, 3.05) is 0 Å². The molecule has 0 saturated carbocycles. The number of benzene rings is 1. The van der Waals surface area contributed by atoms with Gasteiger partial charge < -0.3 is 14.8 Å². The first-order valence-corrected chi connectivity index (χ1v) is 7.52. The van der Waals surface area contributed by atoms with E-state index in [4.69, 9.17) is 9.47 Å². The molecule has 5 nitrogen and oxygen atoms in total. The zero-order valence-corrected chi connectivity index (χ0v) is 14.2. The second-order valence-corrected chi connectivity index (χ2v) is 6.48. The van der Waals surface area contributed by atoms with Crippen LogP contribution in [0.1, 0.15) is 40.2 Å². The van der Waals surface area contributed by atoms with Crippen LogP contribution in [0.2, 0.25) is 0 Å². The van der Waals surface area contributed by atoms with Gasteiger partial charge in [0.15, 0.2) is 0 Å². The predicted octanol–water partition coefficient (Wildman–Crippen LogP) is 3.21. The molecular weight excluding hydrogens is 301 g/mol. The number of halogens is 1. The van der Waals surface area contributed by atoms with E-state index < -0.39 is 29.5 Å². The number of hydrogen-bond acceptors (Lipinski definition) is 4. The highest BCUT2D eigenvalue weighted by Crippen LogP contribution is 2.12. The normalized spacial score (nSPS) is 12.7. The van der Waals surface area contributed by atoms with Crippen molar-refractivity contribution in [2.24, 2.45) is 0 Å². The van der Waals surface area contributed by atoms with Crippen molar-refractivity contribution >= 4 is 12.1 Å². The average molecular weight is 325 g/mol. The molecule has 6 heteroatoms. The molecule has 0 aliphatic rings. The first-order valence-electron chi connectivity index (χ1n) is 7.52. The number of hydrogen-bond donors (Lipinski definition) is 1. The van der Waals surface area contributed by atoms with E-state index in [9.17, 15) is 14.0 Å². The number of esters is 1. The van der Waals surface area contributed by atoms with Gasteiger partial charge in [0, 0.05) is 6.42 Å². The Bertz CT molecular complexity index is 552. The minimum atomic E-state index is -1.02. The molecule has 23 heavy (non-hydrogen) atoms. The summed E-state index contributed by atoms with van der Waals surface area (Å²) in [5.74, 6) is -1.07. The summed E-state index contributed by atoms with van der Waals surface area (Å²) in [4.78, 5) is 24.1. The van der Waals surface area contributed by atoms with Crippen LogP contribution < -0.4 is 5.32 Å². The molecule has 1 rings (SSSR count). The quantitative estimate of drug-likeness (QED) is 0.844. The number of alkyl carbamates (subject to hydrolysis) is 1. The van der Waals surface area contributed by atoms with E-state index >= 15 is 0 Å². The van der Waals surface area contributed by atoms with Crippen LogP contribution >= 0.6 is 0 Å². The summed E-state index contributed by atoms with van der Waals surface area (Å²) in [7, 11) is 0. The summed E-state index contributed by atoms with van der Waals surface area (Å²) in [5, 5.41) is 2.45. The number of carbonyl (C=O) groups is 2. The van der Waals surface area contributed by atoms with Crippen molar-refractivity contribution in [2.45, 2.75) is 58.8 Å². The fourth-order valence-corrected chi connectivity index (χ4v) is 1.84. The monoisotopic (exact) mass is 325 g/mol. The number of amides is 1. The van der Waals surface area contributed by atoms with E-state index in [1.807, 2.05) is 0 Å². The van der Waals surface area contributed by atoms with Gasteiger partial charge >= 0.3 is 12.1 Å². The molecule has 0 radical (unpaired) electrons. The molecule has 0 aromatic heterocycles. The van der Waals surface area contributed by atoms with Crippen LogP contribution in [0.25, 0.3) is 0 Å². The van der Waals surface area contributed by atoms with E-state index in [1.165, 1.54) is 6.07 Å². The SMILES string of the molecule is CC(C)OC(=O)[C@@H](Cc1ccccc1F)NC(=O)OC(C)(C)C. The number of nitrogens with one attached hydrogen (secondary N) is 1. The van der Waals surface area contributed by atoms with Crippen molar-refractivity contribution in [3.05, 3.63) is 35.6 Å². The second-order valence-electron chi connectivity index (χ2n) is 6.48. The molecule has 0 aliphatic heterocycles. The van der Waals surface area contributed by atoms with Gasteiger partial charge in [0.1, 0.15) is 17.5 Å². The fourth-order valence-electron chi connectivity index (χ4n) is 1.84. The molecule has 0 unspecified atom stereocenters. The average Bonchev–Trinajstić information content (AvgIpc) is 2.37. The molecule has 1 amide bonds. The van der Waals surface area contributed by atoms with E-state index in [0.717, 1.165) is 0 Å². The Morgan fingerprint density at radius 1 is 1.22 bits per heavy atom. The van der Waals surface area contributed by atoms with E-state index in [2.05, 4.69) is 5.32 Å². The lowest BCUT2D eigenvalue weighted by molar-refractivity contribution is -0.149. The number of rotatable bonds is 5. The first kappa shape index (κ1) is 18.9. The summed E-state index contributed by atoms with van der Waals surface area (Å²) in [5.41, 5.74) is -0.386. The van der Waals surface area contributed by atoms with Gasteiger partial charge in [0.25, 0.3) is 0 Å².